The molecule has 2 aromatic carbocycles. The fraction of sp³-hybridized carbons (Fsp3) is 0.286. The lowest BCUT2D eigenvalue weighted by Crippen LogP contribution is -2.30. The van der Waals surface area contributed by atoms with Gasteiger partial charge in [0.2, 0.25) is 0 Å². The number of para-hydroxylation sites is 1. The van der Waals surface area contributed by atoms with Crippen LogP contribution in [-0.4, -0.2) is 38.3 Å². The number of benzene rings is 2. The van der Waals surface area contributed by atoms with E-state index in [0.717, 1.165) is 24.0 Å². The maximum absolute atomic E-state index is 12.8. The molecule has 3 aromatic rings. The van der Waals surface area contributed by atoms with Crippen molar-refractivity contribution in [2.24, 2.45) is 4.99 Å². The van der Waals surface area contributed by atoms with Crippen LogP contribution in [-0.2, 0) is 14.8 Å². The number of aliphatic imine (C=N–C) groups is 1. The first kappa shape index (κ1) is 21.3. The molecule has 0 fully saturated rings. The predicted molar refractivity (Wildman–Crippen MR) is 121 cm³/mol. The number of hydrogen-bond donors (Lipinski definition) is 2. The number of amidine groups is 1. The van der Waals surface area contributed by atoms with E-state index in [1.54, 1.807) is 18.2 Å². The zero-order valence-corrected chi connectivity index (χ0v) is 18.3. The number of hydrogen-bond acceptors (Lipinski definition) is 7. The molecule has 10 heteroatoms. The second-order valence-corrected chi connectivity index (χ2v) is 9.76. The van der Waals surface area contributed by atoms with E-state index < -0.39 is 10.0 Å². The van der Waals surface area contributed by atoms with E-state index in [2.05, 4.69) is 20.0 Å². The summed E-state index contributed by atoms with van der Waals surface area (Å²) in [6, 6.07) is 13.8. The lowest BCUT2D eigenvalue weighted by Gasteiger charge is -2.09. The van der Waals surface area contributed by atoms with E-state index in [4.69, 9.17) is 4.74 Å². The number of ether oxygens (including phenoxy) is 1. The van der Waals surface area contributed by atoms with Crippen molar-refractivity contribution in [3.05, 3.63) is 48.5 Å². The molecule has 0 radical (unpaired) electrons. The number of carbonyl (C=O) groups is 1. The van der Waals surface area contributed by atoms with Gasteiger partial charge in [-0.25, -0.2) is 13.4 Å². The van der Waals surface area contributed by atoms with Gasteiger partial charge in [-0.05, 0) is 43.2 Å². The van der Waals surface area contributed by atoms with Crippen LogP contribution in [0.25, 0.3) is 10.2 Å². The number of nitrogens with one attached hydrogen (secondary N) is 2. The van der Waals surface area contributed by atoms with E-state index in [1.165, 1.54) is 23.5 Å². The molecular formula is C21H22N4O4S2. The monoisotopic (exact) mass is 458 g/mol. The average molecular weight is 459 g/mol. The fourth-order valence-electron chi connectivity index (χ4n) is 3.12. The average Bonchev–Trinajstić information content (AvgIpc) is 2.98. The minimum atomic E-state index is -3.74. The molecule has 31 heavy (non-hydrogen) atoms. The Morgan fingerprint density at radius 2 is 1.94 bits per heavy atom. The Hall–Kier alpha value is -2.98. The standard InChI is InChI=1S/C21H22N4O4S2/c26-20(14-29-15-7-3-1-4-8-15)24-21-23-17-13-16(10-11-18(17)30-21)31(27,28)25-19-9-5-2-6-12-22-19/h1,3-4,7-8,10-11,13H,2,5-6,9,12,14H2,(H,22,25)(H,23,24,26). The summed E-state index contributed by atoms with van der Waals surface area (Å²) < 4.78 is 34.3. The molecule has 1 aliphatic rings. The molecule has 0 atom stereocenters. The lowest BCUT2D eigenvalue weighted by molar-refractivity contribution is -0.118. The van der Waals surface area contributed by atoms with Crippen molar-refractivity contribution < 1.29 is 17.9 Å². The number of amides is 1. The van der Waals surface area contributed by atoms with Gasteiger partial charge in [-0.15, -0.1) is 0 Å². The number of nitrogens with zero attached hydrogens (tertiary/aromatic N) is 2. The third-order valence-corrected chi connectivity index (χ3v) is 6.99. The van der Waals surface area contributed by atoms with Crippen molar-refractivity contribution in [2.75, 3.05) is 18.5 Å². The van der Waals surface area contributed by atoms with Crippen LogP contribution >= 0.6 is 11.3 Å². The maximum Gasteiger partial charge on any atom is 0.264 e. The molecule has 162 valence electrons. The first-order chi connectivity index (χ1) is 15.0. The van der Waals surface area contributed by atoms with Crippen LogP contribution in [0.2, 0.25) is 0 Å². The van der Waals surface area contributed by atoms with Gasteiger partial charge in [0.15, 0.2) is 11.7 Å². The van der Waals surface area contributed by atoms with Gasteiger partial charge in [0.05, 0.1) is 15.1 Å². The maximum atomic E-state index is 12.8. The molecule has 8 nitrogen and oxygen atoms in total. The smallest absolute Gasteiger partial charge is 0.264 e. The predicted octanol–water partition coefficient (Wildman–Crippen LogP) is 3.56. The highest BCUT2D eigenvalue weighted by Crippen LogP contribution is 2.28. The molecule has 0 spiro atoms. The number of anilines is 1. The van der Waals surface area contributed by atoms with Crippen molar-refractivity contribution in [1.82, 2.24) is 9.71 Å². The summed E-state index contributed by atoms with van der Waals surface area (Å²) in [5.74, 6) is 0.758. The van der Waals surface area contributed by atoms with Crippen molar-refractivity contribution >= 4 is 48.5 Å². The molecule has 0 unspecified atom stereocenters. The van der Waals surface area contributed by atoms with Crippen LogP contribution in [0, 0.1) is 0 Å². The number of sulfonamides is 1. The van der Waals surface area contributed by atoms with Gasteiger partial charge >= 0.3 is 0 Å². The van der Waals surface area contributed by atoms with Gasteiger partial charge in [0.25, 0.3) is 15.9 Å². The summed E-state index contributed by atoms with van der Waals surface area (Å²) in [4.78, 5) is 20.9. The molecule has 1 amide bonds. The second-order valence-electron chi connectivity index (χ2n) is 7.04. The molecule has 0 aliphatic carbocycles. The van der Waals surface area contributed by atoms with Crippen LogP contribution in [0.3, 0.4) is 0 Å². The zero-order valence-electron chi connectivity index (χ0n) is 16.7. The van der Waals surface area contributed by atoms with Crippen LogP contribution in [0.4, 0.5) is 5.13 Å². The van der Waals surface area contributed by atoms with E-state index in [-0.39, 0.29) is 17.4 Å². The Labute approximate surface area is 184 Å². The summed E-state index contributed by atoms with van der Waals surface area (Å²) in [6.07, 6.45) is 3.56. The van der Waals surface area contributed by atoms with Crippen molar-refractivity contribution in [1.29, 1.82) is 0 Å². The molecule has 1 aromatic heterocycles. The second kappa shape index (κ2) is 9.44. The van der Waals surface area contributed by atoms with E-state index in [1.807, 2.05) is 18.2 Å². The van der Waals surface area contributed by atoms with E-state index in [0.29, 0.717) is 35.2 Å². The summed E-state index contributed by atoms with van der Waals surface area (Å²) in [7, 11) is -3.74. The van der Waals surface area contributed by atoms with Gasteiger partial charge in [-0.2, -0.15) is 0 Å². The normalized spacial score (nSPS) is 14.5. The highest BCUT2D eigenvalue weighted by Gasteiger charge is 2.19. The molecular weight excluding hydrogens is 436 g/mol. The lowest BCUT2D eigenvalue weighted by atomic mass is 10.2. The first-order valence-electron chi connectivity index (χ1n) is 9.94. The number of rotatable bonds is 6. The third-order valence-electron chi connectivity index (χ3n) is 4.66. The Morgan fingerprint density at radius 1 is 1.10 bits per heavy atom. The summed E-state index contributed by atoms with van der Waals surface area (Å²) in [5, 5.41) is 3.07. The molecule has 0 bridgehead atoms. The van der Waals surface area contributed by atoms with Gasteiger partial charge < -0.3 is 4.74 Å². The first-order valence-corrected chi connectivity index (χ1v) is 12.2. The number of carbonyl (C=O) groups excluding carboxylic acids is 1. The van der Waals surface area contributed by atoms with Gasteiger partial charge in [-0.3, -0.25) is 19.8 Å². The molecule has 4 rings (SSSR count). The van der Waals surface area contributed by atoms with Gasteiger partial charge in [0, 0.05) is 13.0 Å². The Bertz CT molecular complexity index is 1210. The number of fused-ring (bicyclic) bond motifs is 1. The summed E-state index contributed by atoms with van der Waals surface area (Å²) >= 11 is 1.27. The largest absolute Gasteiger partial charge is 0.484 e. The Kier molecular flexibility index (Phi) is 6.47. The topological polar surface area (TPSA) is 110 Å². The Balaban J connectivity index is 1.43. The number of thiazole rings is 1. The van der Waals surface area contributed by atoms with Crippen LogP contribution in [0.15, 0.2) is 58.4 Å². The molecule has 0 saturated carbocycles. The number of aromatic nitrogens is 1. The van der Waals surface area contributed by atoms with Gasteiger partial charge in [0.1, 0.15) is 11.6 Å². The highest BCUT2D eigenvalue weighted by molar-refractivity contribution is 7.90. The minimum Gasteiger partial charge on any atom is -0.484 e. The third kappa shape index (κ3) is 5.59. The quantitative estimate of drug-likeness (QED) is 0.587. The van der Waals surface area contributed by atoms with Crippen molar-refractivity contribution in [3.63, 3.8) is 0 Å². The van der Waals surface area contributed by atoms with Crippen LogP contribution in [0.5, 0.6) is 5.75 Å². The zero-order chi connectivity index (χ0) is 21.7. The molecule has 0 saturated heterocycles. The molecule has 2 heterocycles. The minimum absolute atomic E-state index is 0.113. The van der Waals surface area contributed by atoms with Crippen LogP contribution in [0.1, 0.15) is 25.7 Å². The molecule has 1 aliphatic heterocycles. The summed E-state index contributed by atoms with van der Waals surface area (Å²) in [5.41, 5.74) is 0.495. The van der Waals surface area contributed by atoms with E-state index >= 15 is 0 Å². The van der Waals surface area contributed by atoms with E-state index in [9.17, 15) is 13.2 Å². The SMILES string of the molecule is O=C(COc1ccccc1)Nc1nc2cc(S(=O)(=O)NC3=NCCCCC3)ccc2s1. The highest BCUT2D eigenvalue weighted by atomic mass is 32.2. The fourth-order valence-corrected chi connectivity index (χ4v) is 5.09. The summed E-state index contributed by atoms with van der Waals surface area (Å²) in [6.45, 7) is 0.492. The van der Waals surface area contributed by atoms with Crippen molar-refractivity contribution in [3.8, 4) is 5.75 Å². The Morgan fingerprint density at radius 3 is 2.77 bits per heavy atom. The van der Waals surface area contributed by atoms with Crippen LogP contribution < -0.4 is 14.8 Å². The molecule has 2 N–H and O–H groups in total. The van der Waals surface area contributed by atoms with Crippen molar-refractivity contribution in [2.45, 2.75) is 30.6 Å². The van der Waals surface area contributed by atoms with Gasteiger partial charge in [-0.1, -0.05) is 36.0 Å².